The van der Waals surface area contributed by atoms with Gasteiger partial charge in [0.2, 0.25) is 0 Å². The topological polar surface area (TPSA) is 21.3 Å². The van der Waals surface area contributed by atoms with Crippen LogP contribution in [0.15, 0.2) is 35.0 Å². The van der Waals surface area contributed by atoms with E-state index in [0.29, 0.717) is 6.10 Å². The zero-order valence-electron chi connectivity index (χ0n) is 9.37. The monoisotopic (exact) mass is 281 g/mol. The minimum absolute atomic E-state index is 0.296. The molecule has 86 valence electrons. The molecule has 2 nitrogen and oxygen atoms in total. The van der Waals surface area contributed by atoms with E-state index in [1.165, 1.54) is 5.56 Å². The van der Waals surface area contributed by atoms with Crippen LogP contribution >= 0.6 is 15.9 Å². The molecule has 2 rings (SSSR count). The van der Waals surface area contributed by atoms with E-state index in [-0.39, 0.29) is 0 Å². The van der Waals surface area contributed by atoms with Gasteiger partial charge in [-0.25, -0.2) is 0 Å². The summed E-state index contributed by atoms with van der Waals surface area (Å²) in [5, 5.41) is 3.39. The Labute approximate surface area is 105 Å². The number of aryl methyl sites for hydroxylation is 1. The average Bonchev–Trinajstić information content (AvgIpc) is 2.32. The molecular weight excluding hydrogens is 266 g/mol. The highest BCUT2D eigenvalue weighted by Crippen LogP contribution is 2.21. The highest BCUT2D eigenvalue weighted by Gasteiger charge is 2.10. The third-order valence-electron chi connectivity index (χ3n) is 2.73. The smallest absolute Gasteiger partial charge is 0.115 e. The fraction of sp³-hybridized carbons (Fsp3) is 0.385. The van der Waals surface area contributed by atoms with Crippen LogP contribution in [-0.2, 0) is 4.74 Å². The van der Waals surface area contributed by atoms with Crippen LogP contribution in [0.2, 0.25) is 0 Å². The molecule has 0 spiro atoms. The van der Waals surface area contributed by atoms with E-state index in [1.807, 2.05) is 0 Å². The summed E-state index contributed by atoms with van der Waals surface area (Å²) in [6, 6.07) is 6.31. The van der Waals surface area contributed by atoms with E-state index in [0.717, 1.165) is 29.5 Å². The lowest BCUT2D eigenvalue weighted by molar-refractivity contribution is 0.135. The predicted octanol–water partition coefficient (Wildman–Crippen LogP) is 3.86. The van der Waals surface area contributed by atoms with Gasteiger partial charge in [-0.05, 0) is 43.5 Å². The normalized spacial score (nSPS) is 19.2. The van der Waals surface area contributed by atoms with Crippen LogP contribution in [0.1, 0.15) is 18.4 Å². The number of anilines is 1. The minimum atomic E-state index is 0.296. The molecule has 0 saturated heterocycles. The summed E-state index contributed by atoms with van der Waals surface area (Å²) in [6.45, 7) is 2.95. The Morgan fingerprint density at radius 1 is 1.50 bits per heavy atom. The quantitative estimate of drug-likeness (QED) is 0.908. The molecule has 0 fully saturated rings. The lowest BCUT2D eigenvalue weighted by Crippen LogP contribution is -2.22. The van der Waals surface area contributed by atoms with E-state index >= 15 is 0 Å². The SMILES string of the molecule is Cc1ccc(NCC2CCC=CO2)cc1Br. The molecule has 1 atom stereocenters. The largest absolute Gasteiger partial charge is 0.497 e. The van der Waals surface area contributed by atoms with Crippen LogP contribution in [0.3, 0.4) is 0 Å². The maximum atomic E-state index is 5.50. The Morgan fingerprint density at radius 3 is 3.06 bits per heavy atom. The van der Waals surface area contributed by atoms with Gasteiger partial charge in [-0.1, -0.05) is 22.0 Å². The van der Waals surface area contributed by atoms with Crippen molar-refractivity contribution in [3.05, 3.63) is 40.6 Å². The molecule has 1 aliphatic rings. The van der Waals surface area contributed by atoms with E-state index in [9.17, 15) is 0 Å². The molecule has 3 heteroatoms. The molecule has 1 aromatic rings. The molecule has 16 heavy (non-hydrogen) atoms. The van der Waals surface area contributed by atoms with E-state index < -0.39 is 0 Å². The molecule has 0 aliphatic carbocycles. The predicted molar refractivity (Wildman–Crippen MR) is 70.6 cm³/mol. The Bertz CT molecular complexity index is 390. The van der Waals surface area contributed by atoms with Gasteiger partial charge in [0.15, 0.2) is 0 Å². The first-order valence-electron chi connectivity index (χ1n) is 5.56. The Hall–Kier alpha value is -0.960. The van der Waals surface area contributed by atoms with Crippen molar-refractivity contribution in [2.75, 3.05) is 11.9 Å². The van der Waals surface area contributed by atoms with E-state index in [2.05, 4.69) is 52.4 Å². The zero-order valence-corrected chi connectivity index (χ0v) is 11.0. The van der Waals surface area contributed by atoms with Gasteiger partial charge in [0.25, 0.3) is 0 Å². The standard InChI is InChI=1S/C13H16BrNO/c1-10-5-6-11(8-13(10)14)15-9-12-4-2-3-7-16-12/h3,5-8,12,15H,2,4,9H2,1H3. The lowest BCUT2D eigenvalue weighted by atomic mass is 10.1. The summed E-state index contributed by atoms with van der Waals surface area (Å²) in [4.78, 5) is 0. The van der Waals surface area contributed by atoms with Crippen molar-refractivity contribution >= 4 is 21.6 Å². The van der Waals surface area contributed by atoms with Crippen LogP contribution in [-0.4, -0.2) is 12.6 Å². The first kappa shape index (κ1) is 11.5. The summed E-state index contributed by atoms with van der Waals surface area (Å²) in [7, 11) is 0. The molecule has 0 radical (unpaired) electrons. The molecule has 0 bridgehead atoms. The first-order valence-corrected chi connectivity index (χ1v) is 6.35. The molecule has 0 aromatic heterocycles. The van der Waals surface area contributed by atoms with Gasteiger partial charge in [0.1, 0.15) is 6.10 Å². The van der Waals surface area contributed by atoms with Gasteiger partial charge >= 0.3 is 0 Å². The Morgan fingerprint density at radius 2 is 2.38 bits per heavy atom. The van der Waals surface area contributed by atoms with Crippen LogP contribution in [0.4, 0.5) is 5.69 Å². The summed E-state index contributed by atoms with van der Waals surface area (Å²) in [5.74, 6) is 0. The zero-order chi connectivity index (χ0) is 11.4. The van der Waals surface area contributed by atoms with Crippen molar-refractivity contribution in [3.8, 4) is 0 Å². The third-order valence-corrected chi connectivity index (χ3v) is 3.58. The molecule has 0 amide bonds. The molecule has 1 aliphatic heterocycles. The van der Waals surface area contributed by atoms with Crippen LogP contribution < -0.4 is 5.32 Å². The van der Waals surface area contributed by atoms with Gasteiger partial charge in [-0.15, -0.1) is 0 Å². The van der Waals surface area contributed by atoms with E-state index in [4.69, 9.17) is 4.74 Å². The van der Waals surface area contributed by atoms with Crippen molar-refractivity contribution in [1.82, 2.24) is 0 Å². The van der Waals surface area contributed by atoms with Gasteiger partial charge in [-0.2, -0.15) is 0 Å². The molecule has 1 unspecified atom stereocenters. The fourth-order valence-electron chi connectivity index (χ4n) is 1.67. The molecule has 1 heterocycles. The van der Waals surface area contributed by atoms with Crippen molar-refractivity contribution < 1.29 is 4.74 Å². The Balaban J connectivity index is 1.89. The summed E-state index contributed by atoms with van der Waals surface area (Å²) in [5.41, 5.74) is 2.39. The first-order chi connectivity index (χ1) is 7.75. The number of nitrogens with one attached hydrogen (secondary N) is 1. The van der Waals surface area contributed by atoms with E-state index in [1.54, 1.807) is 6.26 Å². The van der Waals surface area contributed by atoms with Gasteiger partial charge in [0.05, 0.1) is 12.8 Å². The number of halogens is 1. The minimum Gasteiger partial charge on any atom is -0.497 e. The fourth-order valence-corrected chi connectivity index (χ4v) is 2.05. The third kappa shape index (κ3) is 3.01. The maximum Gasteiger partial charge on any atom is 0.115 e. The van der Waals surface area contributed by atoms with Crippen LogP contribution in [0.5, 0.6) is 0 Å². The second-order valence-corrected chi connectivity index (χ2v) is 4.91. The maximum absolute atomic E-state index is 5.50. The van der Waals surface area contributed by atoms with Crippen LogP contribution in [0.25, 0.3) is 0 Å². The lowest BCUT2D eigenvalue weighted by Gasteiger charge is -2.20. The second-order valence-electron chi connectivity index (χ2n) is 4.05. The molecule has 0 saturated carbocycles. The van der Waals surface area contributed by atoms with Gasteiger partial charge < -0.3 is 10.1 Å². The Kier molecular flexibility index (Phi) is 3.88. The number of ether oxygens (including phenoxy) is 1. The summed E-state index contributed by atoms with van der Waals surface area (Å²) < 4.78 is 6.64. The molecular formula is C13H16BrNO. The van der Waals surface area contributed by atoms with Crippen molar-refractivity contribution in [1.29, 1.82) is 0 Å². The van der Waals surface area contributed by atoms with Crippen molar-refractivity contribution in [2.24, 2.45) is 0 Å². The van der Waals surface area contributed by atoms with Crippen molar-refractivity contribution in [3.63, 3.8) is 0 Å². The summed E-state index contributed by atoms with van der Waals surface area (Å²) >= 11 is 3.53. The number of hydrogen-bond acceptors (Lipinski definition) is 2. The number of benzene rings is 1. The molecule has 1 aromatic carbocycles. The number of allylic oxidation sites excluding steroid dienone is 1. The second kappa shape index (κ2) is 5.39. The molecule has 1 N–H and O–H groups in total. The highest BCUT2D eigenvalue weighted by atomic mass is 79.9. The van der Waals surface area contributed by atoms with Crippen LogP contribution in [0, 0.1) is 6.92 Å². The number of hydrogen-bond donors (Lipinski definition) is 1. The average molecular weight is 282 g/mol. The van der Waals surface area contributed by atoms with Gasteiger partial charge in [-0.3, -0.25) is 0 Å². The van der Waals surface area contributed by atoms with Gasteiger partial charge in [0, 0.05) is 10.2 Å². The number of rotatable bonds is 3. The highest BCUT2D eigenvalue weighted by molar-refractivity contribution is 9.10. The van der Waals surface area contributed by atoms with Crippen molar-refractivity contribution in [2.45, 2.75) is 25.9 Å². The summed E-state index contributed by atoms with van der Waals surface area (Å²) in [6.07, 6.45) is 6.38.